The second kappa shape index (κ2) is 3.03. The highest BCUT2D eigenvalue weighted by molar-refractivity contribution is 5.87. The van der Waals surface area contributed by atoms with Crippen LogP contribution in [0, 0.1) is 0 Å². The summed E-state index contributed by atoms with van der Waals surface area (Å²) >= 11 is 0. The van der Waals surface area contributed by atoms with Crippen LogP contribution >= 0.6 is 0 Å². The van der Waals surface area contributed by atoms with Crippen molar-refractivity contribution in [1.29, 1.82) is 0 Å². The normalized spacial score (nSPS) is 24.0. The molecule has 10 heavy (non-hydrogen) atoms. The monoisotopic (exact) mass is 137 g/mol. The average molecular weight is 137 g/mol. The molecule has 52 valence electrons. The molecule has 1 aliphatic carbocycles. The van der Waals surface area contributed by atoms with E-state index in [-0.39, 0.29) is 5.78 Å². The van der Waals surface area contributed by atoms with Gasteiger partial charge in [-0.25, -0.2) is 0 Å². The fraction of sp³-hybridized carbons (Fsp3) is 0.500. The van der Waals surface area contributed by atoms with E-state index in [2.05, 4.69) is 10.0 Å². The third kappa shape index (κ3) is 1.36. The van der Waals surface area contributed by atoms with Gasteiger partial charge in [-0.15, -0.1) is 0 Å². The predicted octanol–water partition coefficient (Wildman–Crippen LogP) is 1.58. The Morgan fingerprint density at radius 2 is 2.60 bits per heavy atom. The van der Waals surface area contributed by atoms with Crippen molar-refractivity contribution in [3.8, 4) is 0 Å². The summed E-state index contributed by atoms with van der Waals surface area (Å²) in [7, 11) is 0. The molecule has 0 saturated heterocycles. The van der Waals surface area contributed by atoms with Crippen LogP contribution in [0.1, 0.15) is 12.8 Å². The van der Waals surface area contributed by atoms with E-state index < -0.39 is 6.04 Å². The Labute approximate surface area is 58.2 Å². The Morgan fingerprint density at radius 1 is 1.80 bits per heavy atom. The highest BCUT2D eigenvalue weighted by Crippen LogP contribution is 2.09. The molecule has 1 atom stereocenters. The number of hydrogen-bond donors (Lipinski definition) is 0. The first-order chi connectivity index (χ1) is 4.84. The van der Waals surface area contributed by atoms with E-state index in [1.54, 1.807) is 6.08 Å². The lowest BCUT2D eigenvalue weighted by Gasteiger charge is -2.07. The largest absolute Gasteiger partial charge is 0.299 e. The zero-order valence-electron chi connectivity index (χ0n) is 5.40. The van der Waals surface area contributed by atoms with Gasteiger partial charge >= 0.3 is 0 Å². The van der Waals surface area contributed by atoms with Crippen molar-refractivity contribution >= 4 is 5.78 Å². The van der Waals surface area contributed by atoms with Gasteiger partial charge in [0.15, 0.2) is 0 Å². The van der Waals surface area contributed by atoms with Gasteiger partial charge in [0.25, 0.3) is 0 Å². The number of hydrogen-bond acceptors (Lipinski definition) is 2. The van der Waals surface area contributed by atoms with E-state index in [9.17, 15) is 4.79 Å². The third-order valence-electron chi connectivity index (χ3n) is 1.38. The average Bonchev–Trinajstić information content (AvgIpc) is 1.94. The molecule has 0 fully saturated rings. The Morgan fingerprint density at radius 3 is 3.20 bits per heavy atom. The Bertz CT molecular complexity index is 215. The van der Waals surface area contributed by atoms with Crippen molar-refractivity contribution in [2.45, 2.75) is 18.9 Å². The minimum atomic E-state index is -0.543. The van der Waals surface area contributed by atoms with Gasteiger partial charge in [0, 0.05) is 11.3 Å². The Hall–Kier alpha value is -1.28. The number of carbonyl (C=O) groups is 1. The Kier molecular flexibility index (Phi) is 2.07. The van der Waals surface area contributed by atoms with Crippen LogP contribution in [0.4, 0.5) is 0 Å². The molecular weight excluding hydrogens is 130 g/mol. The van der Waals surface area contributed by atoms with E-state index in [4.69, 9.17) is 5.53 Å². The fourth-order valence-electron chi connectivity index (χ4n) is 0.864. The van der Waals surface area contributed by atoms with Crippen molar-refractivity contribution in [1.82, 2.24) is 0 Å². The van der Waals surface area contributed by atoms with Gasteiger partial charge in [-0.1, -0.05) is 17.3 Å². The third-order valence-corrected chi connectivity index (χ3v) is 1.38. The molecule has 0 heterocycles. The van der Waals surface area contributed by atoms with Crippen molar-refractivity contribution < 1.29 is 4.79 Å². The summed E-state index contributed by atoms with van der Waals surface area (Å²) in [5, 5.41) is 3.31. The quantitative estimate of drug-likeness (QED) is 0.234. The number of rotatable bonds is 1. The molecule has 0 aromatic carbocycles. The lowest BCUT2D eigenvalue weighted by Crippen LogP contribution is -2.17. The number of nitrogens with zero attached hydrogens (tertiary/aromatic N) is 3. The second-order valence-corrected chi connectivity index (χ2v) is 2.08. The zero-order chi connectivity index (χ0) is 7.40. The molecule has 4 heteroatoms. The topological polar surface area (TPSA) is 65.8 Å². The van der Waals surface area contributed by atoms with Crippen LogP contribution in [0.2, 0.25) is 0 Å². The first kappa shape index (κ1) is 6.83. The number of Topliss-reactive ketones (excluding diaryl/α,β-unsaturated/α-hetero) is 1. The molecule has 4 nitrogen and oxygen atoms in total. The molecule has 0 N–H and O–H groups in total. The number of azide groups is 1. The van der Waals surface area contributed by atoms with Crippen molar-refractivity contribution in [2.24, 2.45) is 5.11 Å². The summed E-state index contributed by atoms with van der Waals surface area (Å²) in [4.78, 5) is 13.4. The zero-order valence-corrected chi connectivity index (χ0v) is 5.40. The van der Waals surface area contributed by atoms with Crippen LogP contribution in [-0.2, 0) is 4.79 Å². The summed E-state index contributed by atoms with van der Waals surface area (Å²) < 4.78 is 0. The van der Waals surface area contributed by atoms with Crippen molar-refractivity contribution in [3.05, 3.63) is 22.6 Å². The van der Waals surface area contributed by atoms with E-state index in [0.29, 0.717) is 6.42 Å². The van der Waals surface area contributed by atoms with Crippen LogP contribution in [0.15, 0.2) is 17.3 Å². The van der Waals surface area contributed by atoms with Crippen molar-refractivity contribution in [3.63, 3.8) is 0 Å². The van der Waals surface area contributed by atoms with Crippen molar-refractivity contribution in [2.75, 3.05) is 0 Å². The van der Waals surface area contributed by atoms with E-state index in [1.165, 1.54) is 0 Å². The minimum Gasteiger partial charge on any atom is -0.299 e. The van der Waals surface area contributed by atoms with Gasteiger partial charge < -0.3 is 0 Å². The van der Waals surface area contributed by atoms with Crippen LogP contribution < -0.4 is 0 Å². The summed E-state index contributed by atoms with van der Waals surface area (Å²) in [5.74, 6) is 0.0142. The molecule has 0 spiro atoms. The molecule has 1 unspecified atom stereocenters. The summed E-state index contributed by atoms with van der Waals surface area (Å²) in [6.07, 6.45) is 4.78. The molecule has 0 saturated carbocycles. The van der Waals surface area contributed by atoms with Crippen LogP contribution in [0.5, 0.6) is 0 Å². The van der Waals surface area contributed by atoms with Crippen LogP contribution in [0.25, 0.3) is 10.4 Å². The maximum absolute atomic E-state index is 10.9. The SMILES string of the molecule is [N-]=[N+]=NC1C=CCCC1=O. The molecular formula is C6H7N3O. The lowest BCUT2D eigenvalue weighted by atomic mass is 10.0. The highest BCUT2D eigenvalue weighted by Gasteiger charge is 2.15. The summed E-state index contributed by atoms with van der Waals surface area (Å²) in [6, 6.07) is -0.543. The predicted molar refractivity (Wildman–Crippen MR) is 36.3 cm³/mol. The minimum absolute atomic E-state index is 0.0142. The highest BCUT2D eigenvalue weighted by atomic mass is 16.1. The lowest BCUT2D eigenvalue weighted by molar-refractivity contribution is -0.119. The smallest absolute Gasteiger partial charge is 0.145 e. The first-order valence-corrected chi connectivity index (χ1v) is 3.08. The Balaban J connectivity index is 2.72. The van der Waals surface area contributed by atoms with Gasteiger partial charge in [-0.3, -0.25) is 4.79 Å². The standard InChI is InChI=1S/C6H7N3O/c7-9-8-5-3-1-2-4-6(5)10/h1,3,5H,2,4H2. The van der Waals surface area contributed by atoms with Gasteiger partial charge in [-0.2, -0.15) is 0 Å². The summed E-state index contributed by atoms with van der Waals surface area (Å²) in [6.45, 7) is 0. The maximum Gasteiger partial charge on any atom is 0.145 e. The number of allylic oxidation sites excluding steroid dienone is 1. The molecule has 0 aromatic heterocycles. The maximum atomic E-state index is 10.9. The van der Waals surface area contributed by atoms with Gasteiger partial charge in [-0.05, 0) is 12.0 Å². The molecule has 0 bridgehead atoms. The van der Waals surface area contributed by atoms with Gasteiger partial charge in [0.05, 0.1) is 0 Å². The molecule has 1 aliphatic rings. The van der Waals surface area contributed by atoms with Gasteiger partial charge in [0.1, 0.15) is 11.8 Å². The van der Waals surface area contributed by atoms with Gasteiger partial charge in [0.2, 0.25) is 0 Å². The molecule has 0 amide bonds. The van der Waals surface area contributed by atoms with Crippen LogP contribution in [-0.4, -0.2) is 11.8 Å². The van der Waals surface area contributed by atoms with E-state index in [1.807, 2.05) is 6.08 Å². The van der Waals surface area contributed by atoms with Crippen LogP contribution in [0.3, 0.4) is 0 Å². The van der Waals surface area contributed by atoms with E-state index >= 15 is 0 Å². The number of ketones is 1. The van der Waals surface area contributed by atoms with E-state index in [0.717, 1.165) is 6.42 Å². The molecule has 0 radical (unpaired) electrons. The summed E-state index contributed by atoms with van der Waals surface area (Å²) in [5.41, 5.74) is 8.01. The fourth-order valence-corrected chi connectivity index (χ4v) is 0.864. The molecule has 0 aliphatic heterocycles. The second-order valence-electron chi connectivity index (χ2n) is 2.08. The first-order valence-electron chi connectivity index (χ1n) is 3.08. The molecule has 0 aromatic rings. The molecule has 1 rings (SSSR count). The number of carbonyl (C=O) groups excluding carboxylic acids is 1.